The van der Waals surface area contributed by atoms with Crippen LogP contribution < -0.4 is 5.32 Å². The topological polar surface area (TPSA) is 75.6 Å². The van der Waals surface area contributed by atoms with Gasteiger partial charge in [0.15, 0.2) is 0 Å². The Kier molecular flexibility index (Phi) is 3.99. The van der Waals surface area contributed by atoms with Gasteiger partial charge in [0.2, 0.25) is 5.91 Å². The van der Waals surface area contributed by atoms with Crippen molar-refractivity contribution >= 4 is 23.2 Å². The van der Waals surface area contributed by atoms with Crippen LogP contribution in [0.2, 0.25) is 0 Å². The molecule has 1 aromatic rings. The quantitative estimate of drug-likeness (QED) is 0.894. The van der Waals surface area contributed by atoms with Crippen molar-refractivity contribution in [3.05, 3.63) is 21.9 Å². The molecule has 1 aliphatic carbocycles. The van der Waals surface area contributed by atoms with Gasteiger partial charge < -0.3 is 15.2 Å². The Labute approximate surface area is 127 Å². The first-order chi connectivity index (χ1) is 10.1. The molecule has 5 nitrogen and oxygen atoms in total. The summed E-state index contributed by atoms with van der Waals surface area (Å²) in [6.45, 7) is 0.752. The van der Waals surface area contributed by atoms with Gasteiger partial charge in [0.05, 0.1) is 5.92 Å². The second-order valence-electron chi connectivity index (χ2n) is 5.73. The van der Waals surface area contributed by atoms with E-state index in [9.17, 15) is 14.7 Å². The lowest BCUT2D eigenvalue weighted by Gasteiger charge is -2.35. The first-order valence-corrected chi connectivity index (χ1v) is 8.20. The van der Waals surface area contributed by atoms with Crippen LogP contribution in [0, 0.1) is 0 Å². The molecular formula is C15H19NO4S. The van der Waals surface area contributed by atoms with Crippen molar-refractivity contribution in [3.63, 3.8) is 0 Å². The molecule has 0 saturated carbocycles. The highest BCUT2D eigenvalue weighted by atomic mass is 32.1. The lowest BCUT2D eigenvalue weighted by atomic mass is 9.84. The number of thiophene rings is 1. The summed E-state index contributed by atoms with van der Waals surface area (Å²) >= 11 is 1.68. The smallest absolute Gasteiger partial charge is 0.329 e. The van der Waals surface area contributed by atoms with Crippen molar-refractivity contribution in [1.82, 2.24) is 5.32 Å². The van der Waals surface area contributed by atoms with Gasteiger partial charge in [-0.3, -0.25) is 4.79 Å². The van der Waals surface area contributed by atoms with Crippen molar-refractivity contribution in [2.24, 2.45) is 0 Å². The summed E-state index contributed by atoms with van der Waals surface area (Å²) in [5.74, 6) is -1.32. The molecule has 0 aromatic carbocycles. The number of aryl methyl sites for hydroxylation is 1. The number of amides is 1. The number of ether oxygens (including phenoxy) is 1. The fourth-order valence-corrected chi connectivity index (χ4v) is 4.18. The second-order valence-corrected chi connectivity index (χ2v) is 6.73. The summed E-state index contributed by atoms with van der Waals surface area (Å²) in [4.78, 5) is 25.5. The predicted molar refractivity (Wildman–Crippen MR) is 78.6 cm³/mol. The SMILES string of the molecule is O=C(NC1(C(=O)O)CCOCC1)C1CCCc2sccc21. The summed E-state index contributed by atoms with van der Waals surface area (Å²) in [6.07, 6.45) is 3.46. The number of carbonyl (C=O) groups excluding carboxylic acids is 1. The van der Waals surface area contributed by atoms with Crippen LogP contribution in [0.4, 0.5) is 0 Å². The highest BCUT2D eigenvalue weighted by Gasteiger charge is 2.43. The largest absolute Gasteiger partial charge is 0.480 e. The van der Waals surface area contributed by atoms with Crippen LogP contribution in [0.25, 0.3) is 0 Å². The van der Waals surface area contributed by atoms with Gasteiger partial charge in [-0.2, -0.15) is 0 Å². The van der Waals surface area contributed by atoms with Crippen LogP contribution in [-0.2, 0) is 20.7 Å². The number of carbonyl (C=O) groups is 2. The minimum absolute atomic E-state index is 0.154. The molecule has 1 aliphatic heterocycles. The Hall–Kier alpha value is -1.40. The molecule has 2 aliphatic rings. The number of carboxylic acids is 1. The summed E-state index contributed by atoms with van der Waals surface area (Å²) in [5.41, 5.74) is -0.0838. The number of hydrogen-bond donors (Lipinski definition) is 2. The molecule has 1 unspecified atom stereocenters. The third kappa shape index (κ3) is 2.70. The molecular weight excluding hydrogens is 290 g/mol. The number of rotatable bonds is 3. The van der Waals surface area contributed by atoms with E-state index in [1.165, 1.54) is 4.88 Å². The molecule has 2 heterocycles. The van der Waals surface area contributed by atoms with E-state index in [2.05, 4.69) is 5.32 Å². The molecule has 0 spiro atoms. The van der Waals surface area contributed by atoms with Crippen molar-refractivity contribution in [2.75, 3.05) is 13.2 Å². The summed E-state index contributed by atoms with van der Waals surface area (Å²) in [7, 11) is 0. The van der Waals surface area contributed by atoms with Gasteiger partial charge in [0, 0.05) is 30.9 Å². The molecule has 3 rings (SSSR count). The Morgan fingerprint density at radius 1 is 1.38 bits per heavy atom. The lowest BCUT2D eigenvalue weighted by molar-refractivity contribution is -0.152. The van der Waals surface area contributed by atoms with Crippen LogP contribution >= 0.6 is 11.3 Å². The molecule has 1 saturated heterocycles. The van der Waals surface area contributed by atoms with Gasteiger partial charge in [-0.1, -0.05) is 0 Å². The van der Waals surface area contributed by atoms with Crippen molar-refractivity contribution in [3.8, 4) is 0 Å². The second kappa shape index (κ2) is 5.77. The maximum atomic E-state index is 12.6. The third-order valence-corrected chi connectivity index (χ3v) is 5.48. The van der Waals surface area contributed by atoms with Crippen LogP contribution in [-0.4, -0.2) is 35.7 Å². The fourth-order valence-electron chi connectivity index (χ4n) is 3.19. The van der Waals surface area contributed by atoms with Crippen molar-refractivity contribution < 1.29 is 19.4 Å². The van der Waals surface area contributed by atoms with E-state index in [-0.39, 0.29) is 11.8 Å². The highest BCUT2D eigenvalue weighted by Crippen LogP contribution is 2.35. The number of nitrogens with one attached hydrogen (secondary N) is 1. The maximum Gasteiger partial charge on any atom is 0.329 e. The zero-order valence-electron chi connectivity index (χ0n) is 11.8. The normalized spacial score (nSPS) is 24.1. The van der Waals surface area contributed by atoms with Crippen LogP contribution in [0.5, 0.6) is 0 Å². The number of aliphatic carboxylic acids is 1. The molecule has 114 valence electrons. The van der Waals surface area contributed by atoms with Crippen LogP contribution in [0.15, 0.2) is 11.4 Å². The highest BCUT2D eigenvalue weighted by molar-refractivity contribution is 7.10. The van der Waals surface area contributed by atoms with Gasteiger partial charge in [0.25, 0.3) is 0 Å². The molecule has 0 radical (unpaired) electrons. The standard InChI is InChI=1S/C15H19NO4S/c17-13(11-2-1-3-12-10(11)4-9-21-12)16-15(14(18)19)5-7-20-8-6-15/h4,9,11H,1-3,5-8H2,(H,16,17)(H,18,19). The fraction of sp³-hybridized carbons (Fsp3) is 0.600. The first kappa shape index (κ1) is 14.5. The predicted octanol–water partition coefficient (Wildman–Crippen LogP) is 1.92. The molecule has 6 heteroatoms. The van der Waals surface area contributed by atoms with Crippen molar-refractivity contribution in [2.45, 2.75) is 43.6 Å². The first-order valence-electron chi connectivity index (χ1n) is 7.32. The Morgan fingerprint density at radius 3 is 2.86 bits per heavy atom. The van der Waals surface area contributed by atoms with Gasteiger partial charge in [-0.05, 0) is 36.3 Å². The minimum Gasteiger partial charge on any atom is -0.480 e. The van der Waals surface area contributed by atoms with E-state index in [0.717, 1.165) is 24.8 Å². The summed E-state index contributed by atoms with van der Waals surface area (Å²) in [6, 6.07) is 2.00. The zero-order chi connectivity index (χ0) is 14.9. The monoisotopic (exact) mass is 309 g/mol. The minimum atomic E-state index is -1.16. The van der Waals surface area contributed by atoms with E-state index in [1.54, 1.807) is 11.3 Å². The number of hydrogen-bond acceptors (Lipinski definition) is 4. The molecule has 1 aromatic heterocycles. The van der Waals surface area contributed by atoms with Gasteiger partial charge in [0.1, 0.15) is 5.54 Å². The maximum absolute atomic E-state index is 12.6. The zero-order valence-corrected chi connectivity index (χ0v) is 12.6. The molecule has 1 fully saturated rings. The number of fused-ring (bicyclic) bond motifs is 1. The van der Waals surface area contributed by atoms with E-state index in [0.29, 0.717) is 26.1 Å². The molecule has 0 bridgehead atoms. The summed E-state index contributed by atoms with van der Waals surface area (Å²) in [5, 5.41) is 14.4. The molecule has 21 heavy (non-hydrogen) atoms. The van der Waals surface area contributed by atoms with E-state index >= 15 is 0 Å². The average Bonchev–Trinajstić information content (AvgIpc) is 2.96. The molecule has 1 atom stereocenters. The van der Waals surface area contributed by atoms with Crippen LogP contribution in [0.1, 0.15) is 42.0 Å². The van der Waals surface area contributed by atoms with Gasteiger partial charge in [-0.25, -0.2) is 4.79 Å². The molecule has 2 N–H and O–H groups in total. The Bertz CT molecular complexity index is 548. The van der Waals surface area contributed by atoms with Gasteiger partial charge in [-0.15, -0.1) is 11.3 Å². The molecule has 1 amide bonds. The number of carboxylic acid groups (broad SMARTS) is 1. The third-order valence-electron chi connectivity index (χ3n) is 4.49. The summed E-state index contributed by atoms with van der Waals surface area (Å²) < 4.78 is 5.23. The van der Waals surface area contributed by atoms with Crippen LogP contribution in [0.3, 0.4) is 0 Å². The van der Waals surface area contributed by atoms with E-state index < -0.39 is 11.5 Å². The Morgan fingerprint density at radius 2 is 2.14 bits per heavy atom. The van der Waals surface area contributed by atoms with Gasteiger partial charge >= 0.3 is 5.97 Å². The Balaban J connectivity index is 1.78. The van der Waals surface area contributed by atoms with Crippen molar-refractivity contribution in [1.29, 1.82) is 0 Å². The van der Waals surface area contributed by atoms with E-state index in [4.69, 9.17) is 4.74 Å². The van der Waals surface area contributed by atoms with E-state index in [1.807, 2.05) is 11.4 Å². The lowest BCUT2D eigenvalue weighted by Crippen LogP contribution is -2.58. The average molecular weight is 309 g/mol.